The first kappa shape index (κ1) is 90.4. The lowest BCUT2D eigenvalue weighted by molar-refractivity contribution is -0.379. The molecule has 99 heavy (non-hydrogen) atoms. The van der Waals surface area contributed by atoms with Crippen molar-refractivity contribution in [2.75, 3.05) is 26.4 Å². The molecule has 576 valence electrons. The topological polar surface area (TPSA) is 307 Å². The SMILES string of the molecule is CC/C=C\C/C=C\C/C=C\C/C=C\C/C=C\C/C=C\CCCCCCCCCCCCCCCCCCCCCCCCC(=O)NC(COC1OC(CO)C(OC2OC(CO)C(OC3OC(CO)C(O)C(O)C3O)C(O)C2O)C(O)C1O)C(O)CCCCCCCCCCCCCCC. The molecule has 17 atom stereocenters. The van der Waals surface area contributed by atoms with E-state index in [9.17, 15) is 61.0 Å². The number of hydrogen-bond donors (Lipinski definition) is 12. The summed E-state index contributed by atoms with van der Waals surface area (Å²) in [7, 11) is 0. The Morgan fingerprint density at radius 3 is 1.09 bits per heavy atom. The van der Waals surface area contributed by atoms with Gasteiger partial charge in [-0.3, -0.25) is 4.79 Å². The van der Waals surface area contributed by atoms with Crippen LogP contribution in [0, 0.1) is 0 Å². The number of amides is 1. The predicted octanol–water partition coefficient (Wildman–Crippen LogP) is 12.8. The van der Waals surface area contributed by atoms with E-state index < -0.39 is 124 Å². The number of carbonyl (C=O) groups excluding carboxylic acids is 1. The van der Waals surface area contributed by atoms with Gasteiger partial charge in [-0.05, 0) is 64.2 Å². The molecule has 0 radical (unpaired) electrons. The van der Waals surface area contributed by atoms with E-state index in [-0.39, 0.29) is 18.9 Å². The third kappa shape index (κ3) is 40.9. The molecule has 3 saturated heterocycles. The average Bonchev–Trinajstić information content (AvgIpc) is 0.785. The van der Waals surface area contributed by atoms with Crippen molar-refractivity contribution in [3.8, 4) is 0 Å². The number of allylic oxidation sites excluding steroid dienone is 12. The number of nitrogens with one attached hydrogen (secondary N) is 1. The van der Waals surface area contributed by atoms with Crippen molar-refractivity contribution in [1.29, 1.82) is 0 Å². The van der Waals surface area contributed by atoms with Crippen LogP contribution in [0.2, 0.25) is 0 Å². The molecular weight excluding hydrogens is 1260 g/mol. The Morgan fingerprint density at radius 2 is 0.697 bits per heavy atom. The highest BCUT2D eigenvalue weighted by atomic mass is 16.8. The molecule has 3 fully saturated rings. The Balaban J connectivity index is 1.27. The molecule has 12 N–H and O–H groups in total. The van der Waals surface area contributed by atoms with Crippen LogP contribution in [0.25, 0.3) is 0 Å². The highest BCUT2D eigenvalue weighted by Crippen LogP contribution is 2.33. The van der Waals surface area contributed by atoms with E-state index in [1.165, 1.54) is 180 Å². The summed E-state index contributed by atoms with van der Waals surface area (Å²) in [6.45, 7) is 1.70. The standard InChI is InChI=1S/C80H143NO18/c1-3-5-7-9-11-13-15-17-18-19-20-21-22-23-24-25-26-27-28-29-30-31-32-33-34-35-36-37-38-39-40-41-42-43-44-46-48-50-52-54-56-58-68(86)81-63(64(85)57-55-53-51-49-47-45-16-14-12-10-8-6-4-2)62-94-78-74(92)71(89)76(66(60-83)96-78)99-80-75(93)72(90)77(67(61-84)97-80)98-79-73(91)70(88)69(87)65(59-82)95-79/h5,7,11,13,17-18,20-21,23-24,26-27,63-67,69-80,82-85,87-93H,3-4,6,8-10,12,14-16,19,22,25,28-62H2,1-2H3,(H,81,86)/b7-5-,13-11-,18-17-,21-20-,24-23-,27-26-. The number of hydrogen-bond acceptors (Lipinski definition) is 18. The highest BCUT2D eigenvalue weighted by molar-refractivity contribution is 5.76. The zero-order valence-electron chi connectivity index (χ0n) is 61.5. The average molecular weight is 1410 g/mol. The van der Waals surface area contributed by atoms with Gasteiger partial charge in [0.2, 0.25) is 5.91 Å². The predicted molar refractivity (Wildman–Crippen MR) is 392 cm³/mol. The number of rotatable bonds is 62. The van der Waals surface area contributed by atoms with Gasteiger partial charge < -0.3 is 89.9 Å². The summed E-state index contributed by atoms with van der Waals surface area (Å²) < 4.78 is 34.4. The smallest absolute Gasteiger partial charge is 0.220 e. The molecule has 0 aromatic heterocycles. The van der Waals surface area contributed by atoms with Crippen LogP contribution in [0.5, 0.6) is 0 Å². The maximum atomic E-state index is 13.4. The molecule has 3 heterocycles. The first-order valence-electron chi connectivity index (χ1n) is 39.7. The van der Waals surface area contributed by atoms with Crippen molar-refractivity contribution in [2.24, 2.45) is 0 Å². The lowest BCUT2D eigenvalue weighted by atomic mass is 9.96. The minimum Gasteiger partial charge on any atom is -0.394 e. The fraction of sp³-hybridized carbons (Fsp3) is 0.838. The first-order chi connectivity index (χ1) is 48.3. The molecular formula is C80H143NO18. The van der Waals surface area contributed by atoms with E-state index in [1.54, 1.807) is 0 Å². The zero-order chi connectivity index (χ0) is 71.8. The van der Waals surface area contributed by atoms with Gasteiger partial charge in [0.1, 0.15) is 73.2 Å². The van der Waals surface area contributed by atoms with E-state index in [1.807, 2.05) is 0 Å². The molecule has 0 saturated carbocycles. The molecule has 19 nitrogen and oxygen atoms in total. The second-order valence-electron chi connectivity index (χ2n) is 28.2. The van der Waals surface area contributed by atoms with E-state index in [0.717, 1.165) is 83.5 Å². The van der Waals surface area contributed by atoms with Gasteiger partial charge in [-0.1, -0.05) is 299 Å². The minimum absolute atomic E-state index is 0.240. The normalized spacial score (nSPS) is 27.0. The van der Waals surface area contributed by atoms with Crippen LogP contribution in [0.4, 0.5) is 0 Å². The lowest BCUT2D eigenvalue weighted by Gasteiger charge is -2.48. The fourth-order valence-electron chi connectivity index (χ4n) is 13.2. The molecule has 0 aliphatic carbocycles. The number of carbonyl (C=O) groups is 1. The molecule has 19 heteroatoms. The second kappa shape index (κ2) is 60.5. The summed E-state index contributed by atoms with van der Waals surface area (Å²) in [5.74, 6) is -0.240. The van der Waals surface area contributed by atoms with Crippen LogP contribution in [0.15, 0.2) is 72.9 Å². The maximum absolute atomic E-state index is 13.4. The van der Waals surface area contributed by atoms with Crippen LogP contribution in [0.1, 0.15) is 296 Å². The number of aliphatic hydroxyl groups excluding tert-OH is 11. The van der Waals surface area contributed by atoms with Crippen LogP contribution in [-0.2, 0) is 33.2 Å². The molecule has 3 rings (SSSR count). The zero-order valence-corrected chi connectivity index (χ0v) is 61.5. The molecule has 1 amide bonds. The molecule has 0 bridgehead atoms. The van der Waals surface area contributed by atoms with Crippen LogP contribution >= 0.6 is 0 Å². The Hall–Kier alpha value is -2.77. The Bertz CT molecular complexity index is 2070. The maximum Gasteiger partial charge on any atom is 0.220 e. The summed E-state index contributed by atoms with van der Waals surface area (Å²) in [5, 5.41) is 121. The van der Waals surface area contributed by atoms with Gasteiger partial charge >= 0.3 is 0 Å². The lowest BCUT2D eigenvalue weighted by Crippen LogP contribution is -2.66. The van der Waals surface area contributed by atoms with Gasteiger partial charge in [-0.15, -0.1) is 0 Å². The number of unbranched alkanes of at least 4 members (excludes halogenated alkanes) is 34. The van der Waals surface area contributed by atoms with Gasteiger partial charge in [0.25, 0.3) is 0 Å². The monoisotopic (exact) mass is 1410 g/mol. The molecule has 17 unspecified atom stereocenters. The number of ether oxygens (including phenoxy) is 6. The van der Waals surface area contributed by atoms with Crippen molar-refractivity contribution in [3.05, 3.63) is 72.9 Å². The largest absolute Gasteiger partial charge is 0.394 e. The molecule has 3 aliphatic rings. The molecule has 0 spiro atoms. The van der Waals surface area contributed by atoms with Gasteiger partial charge in [0.15, 0.2) is 18.9 Å². The third-order valence-electron chi connectivity index (χ3n) is 19.5. The van der Waals surface area contributed by atoms with Crippen molar-refractivity contribution in [3.63, 3.8) is 0 Å². The second-order valence-corrected chi connectivity index (χ2v) is 28.2. The van der Waals surface area contributed by atoms with Gasteiger partial charge in [-0.2, -0.15) is 0 Å². The molecule has 3 aliphatic heterocycles. The summed E-state index contributed by atoms with van der Waals surface area (Å²) in [4.78, 5) is 13.4. The first-order valence-corrected chi connectivity index (χ1v) is 39.7. The minimum atomic E-state index is -1.97. The summed E-state index contributed by atoms with van der Waals surface area (Å²) in [5.41, 5.74) is 0. The summed E-state index contributed by atoms with van der Waals surface area (Å²) in [6, 6.07) is -0.887. The Morgan fingerprint density at radius 1 is 0.374 bits per heavy atom. The van der Waals surface area contributed by atoms with Crippen LogP contribution in [-0.4, -0.2) is 193 Å². The van der Waals surface area contributed by atoms with Crippen molar-refractivity contribution < 1.29 is 89.4 Å². The summed E-state index contributed by atoms with van der Waals surface area (Å²) >= 11 is 0. The van der Waals surface area contributed by atoms with Crippen molar-refractivity contribution in [1.82, 2.24) is 5.32 Å². The van der Waals surface area contributed by atoms with Gasteiger partial charge in [0.05, 0.1) is 38.6 Å². The van der Waals surface area contributed by atoms with Crippen molar-refractivity contribution >= 4 is 5.91 Å². The van der Waals surface area contributed by atoms with Crippen LogP contribution in [0.3, 0.4) is 0 Å². The van der Waals surface area contributed by atoms with Gasteiger partial charge in [0, 0.05) is 6.42 Å². The van der Waals surface area contributed by atoms with Gasteiger partial charge in [-0.25, -0.2) is 0 Å². The number of aliphatic hydroxyl groups is 11. The highest BCUT2D eigenvalue weighted by Gasteiger charge is 2.54. The fourth-order valence-corrected chi connectivity index (χ4v) is 13.2. The Labute approximate surface area is 598 Å². The quantitative estimate of drug-likeness (QED) is 0.0199. The molecule has 0 aromatic carbocycles. The van der Waals surface area contributed by atoms with Crippen LogP contribution < -0.4 is 5.32 Å². The Kier molecular flexibility index (Phi) is 55.3. The van der Waals surface area contributed by atoms with E-state index in [0.29, 0.717) is 12.8 Å². The van der Waals surface area contributed by atoms with Crippen molar-refractivity contribution in [2.45, 2.75) is 401 Å². The summed E-state index contributed by atoms with van der Waals surface area (Å²) in [6.07, 6.45) is 51.6. The van der Waals surface area contributed by atoms with E-state index in [2.05, 4.69) is 92.1 Å². The van der Waals surface area contributed by atoms with E-state index in [4.69, 9.17) is 28.4 Å². The van der Waals surface area contributed by atoms with E-state index >= 15 is 0 Å². The third-order valence-corrected chi connectivity index (χ3v) is 19.5. The molecule has 0 aromatic rings.